The second-order valence-electron chi connectivity index (χ2n) is 6.34. The molecule has 2 nitrogen and oxygen atoms in total. The maximum Gasteiger partial charge on any atom is 0.313 e. The highest BCUT2D eigenvalue weighted by molar-refractivity contribution is 5.07. The van der Waals surface area contributed by atoms with Crippen LogP contribution in [0.1, 0.15) is 64.2 Å². The Labute approximate surface area is 119 Å². The minimum Gasteiger partial charge on any atom is -0.387 e. The molecule has 2 rings (SSSR count). The van der Waals surface area contributed by atoms with Crippen molar-refractivity contribution in [3.63, 3.8) is 0 Å². The van der Waals surface area contributed by atoms with Crippen LogP contribution in [0.3, 0.4) is 0 Å². The van der Waals surface area contributed by atoms with Crippen molar-refractivity contribution in [1.82, 2.24) is 0 Å². The highest BCUT2D eigenvalue weighted by Crippen LogP contribution is 2.52. The van der Waals surface area contributed by atoms with E-state index in [1.54, 1.807) is 0 Å². The Morgan fingerprint density at radius 3 is 1.75 bits per heavy atom. The normalized spacial score (nSPS) is 38.2. The molecule has 2 N–H and O–H groups in total. The van der Waals surface area contributed by atoms with Crippen LogP contribution in [0.4, 0.5) is 17.6 Å². The number of hydrogen-bond acceptors (Lipinski definition) is 2. The summed E-state index contributed by atoms with van der Waals surface area (Å²) in [6, 6.07) is 0. The predicted octanol–water partition coefficient (Wildman–Crippen LogP) is 3.65. The van der Waals surface area contributed by atoms with Crippen LogP contribution in [0.5, 0.6) is 0 Å². The van der Waals surface area contributed by atoms with Gasteiger partial charge in [0, 0.05) is 12.8 Å². The van der Waals surface area contributed by atoms with E-state index in [1.807, 2.05) is 0 Å². The van der Waals surface area contributed by atoms with Gasteiger partial charge in [-0.05, 0) is 25.7 Å². The Bertz CT molecular complexity index is 387. The number of halogens is 4. The Morgan fingerprint density at radius 1 is 0.650 bits per heavy atom. The molecule has 0 saturated heterocycles. The molecule has 118 valence electrons. The molecule has 0 amide bonds. The van der Waals surface area contributed by atoms with Crippen LogP contribution in [-0.4, -0.2) is 36.1 Å². The summed E-state index contributed by atoms with van der Waals surface area (Å²) in [5.74, 6) is -8.40. The van der Waals surface area contributed by atoms with E-state index in [2.05, 4.69) is 5.11 Å². The van der Waals surface area contributed by atoms with Gasteiger partial charge in [-0.1, -0.05) is 25.7 Å². The fraction of sp³-hybridized carbons (Fsp3) is 1.00. The summed E-state index contributed by atoms with van der Waals surface area (Å²) in [6.45, 7) is 0. The van der Waals surface area contributed by atoms with Crippen molar-refractivity contribution in [3.05, 3.63) is 0 Å². The van der Waals surface area contributed by atoms with Gasteiger partial charge in [-0.2, -0.15) is 17.6 Å². The lowest BCUT2D eigenvalue weighted by Gasteiger charge is -2.44. The third-order valence-electron chi connectivity index (χ3n) is 4.86. The summed E-state index contributed by atoms with van der Waals surface area (Å²) in [5.41, 5.74) is -3.29. The van der Waals surface area contributed by atoms with E-state index >= 15 is 0 Å². The van der Waals surface area contributed by atoms with Crippen molar-refractivity contribution in [2.45, 2.75) is 87.3 Å². The first kappa shape index (κ1) is 13.3. The van der Waals surface area contributed by atoms with E-state index in [0.717, 1.165) is 12.8 Å². The third kappa shape index (κ3) is 2.69. The van der Waals surface area contributed by atoms with E-state index in [0.29, 0.717) is 12.8 Å². The molecule has 1 unspecified atom stereocenters. The van der Waals surface area contributed by atoms with E-state index in [1.165, 1.54) is 0 Å². The quantitative estimate of drug-likeness (QED) is 0.617. The molecule has 2 aliphatic rings. The molecule has 0 aliphatic heterocycles. The van der Waals surface area contributed by atoms with Crippen molar-refractivity contribution in [1.29, 1.82) is 2.86 Å². The molecule has 20 heavy (non-hydrogen) atoms. The van der Waals surface area contributed by atoms with Crippen LogP contribution in [-0.2, 0) is 0 Å². The average molecular weight is 300 g/mol. The summed E-state index contributed by atoms with van der Waals surface area (Å²) < 4.78 is 70.2. The Balaban J connectivity index is 2.41. The van der Waals surface area contributed by atoms with E-state index in [9.17, 15) is 17.6 Å². The van der Waals surface area contributed by atoms with Gasteiger partial charge in [0.15, 0.2) is 0 Å². The number of alkyl halides is 4. The molecule has 2 aliphatic carbocycles. The molecule has 0 aromatic rings. The first-order chi connectivity index (χ1) is 10.2. The van der Waals surface area contributed by atoms with E-state index < -0.39 is 35.9 Å². The van der Waals surface area contributed by atoms with Crippen molar-refractivity contribution >= 4 is 0 Å². The van der Waals surface area contributed by atoms with Crippen LogP contribution >= 0.6 is 0 Å². The topological polar surface area (TPSA) is 40.5 Å². The van der Waals surface area contributed by atoms with Gasteiger partial charge in [0.2, 0.25) is 2.86 Å². The molecule has 0 aromatic heterocycles. The fourth-order valence-corrected chi connectivity index (χ4v) is 3.50. The first-order valence-corrected chi connectivity index (χ1v) is 7.29. The molecule has 2 saturated carbocycles. The lowest BCUT2D eigenvalue weighted by molar-refractivity contribution is -0.249. The van der Waals surface area contributed by atoms with Gasteiger partial charge in [-0.25, -0.2) is 0 Å². The highest BCUT2D eigenvalue weighted by atomic mass is 19.3. The summed E-state index contributed by atoms with van der Waals surface area (Å²) >= 11 is 0. The van der Waals surface area contributed by atoms with Crippen LogP contribution < -0.4 is 0 Å². The van der Waals surface area contributed by atoms with Gasteiger partial charge in [-0.3, -0.25) is 0 Å². The van der Waals surface area contributed by atoms with Gasteiger partial charge in [0.25, 0.3) is 0 Å². The van der Waals surface area contributed by atoms with Crippen LogP contribution in [0.2, 0.25) is 0 Å². The average Bonchev–Trinajstić information content (AvgIpc) is 2.75. The standard InChI is InChI=1S/C14H22F4O2/c15-13(16)9-5-8-12(20,10-14(13,17)18)11(19)6-3-1-2-4-7-11/h19-20H,1-10H2/i19D,20D. The van der Waals surface area contributed by atoms with Gasteiger partial charge < -0.3 is 10.2 Å². The second-order valence-corrected chi connectivity index (χ2v) is 6.34. The van der Waals surface area contributed by atoms with Crippen molar-refractivity contribution in [2.75, 3.05) is 0 Å². The Hall–Kier alpha value is -0.360. The zero-order valence-corrected chi connectivity index (χ0v) is 11.4. The van der Waals surface area contributed by atoms with Crippen molar-refractivity contribution < 1.29 is 27.8 Å². The van der Waals surface area contributed by atoms with Gasteiger partial charge in [-0.15, -0.1) is 0 Å². The number of rotatable bonds is 3. The monoisotopic (exact) mass is 300 g/mol. The Morgan fingerprint density at radius 2 is 1.20 bits per heavy atom. The molecule has 0 bridgehead atoms. The number of hydrogen-bond donors (Lipinski definition) is 2. The van der Waals surface area contributed by atoms with Gasteiger partial charge >= 0.3 is 11.8 Å². The Kier molecular flexibility index (Phi) is 3.41. The van der Waals surface area contributed by atoms with Crippen LogP contribution in [0.15, 0.2) is 0 Å². The zero-order chi connectivity index (χ0) is 16.5. The summed E-state index contributed by atoms with van der Waals surface area (Å²) in [7, 11) is 0. The molecule has 1 atom stereocenters. The summed E-state index contributed by atoms with van der Waals surface area (Å²) in [4.78, 5) is 0. The number of aliphatic hydroxyl groups is 2. The first-order valence-electron chi connectivity index (χ1n) is 8.10. The van der Waals surface area contributed by atoms with Gasteiger partial charge in [0.1, 0.15) is 0 Å². The van der Waals surface area contributed by atoms with Crippen molar-refractivity contribution in [3.8, 4) is 0 Å². The molecule has 0 radical (unpaired) electrons. The lowest BCUT2D eigenvalue weighted by Crippen LogP contribution is -2.57. The minimum atomic E-state index is -4.28. The van der Waals surface area contributed by atoms with Crippen LogP contribution in [0, 0.1) is 0 Å². The lowest BCUT2D eigenvalue weighted by atomic mass is 9.72. The van der Waals surface area contributed by atoms with Crippen LogP contribution in [0.25, 0.3) is 0 Å². The maximum absolute atomic E-state index is 14.1. The maximum atomic E-state index is 14.1. The third-order valence-corrected chi connectivity index (χ3v) is 4.86. The second kappa shape index (κ2) is 5.13. The predicted molar refractivity (Wildman–Crippen MR) is 66.0 cm³/mol. The summed E-state index contributed by atoms with van der Waals surface area (Å²) in [5, 5.41) is 9.51. The fourth-order valence-electron chi connectivity index (χ4n) is 3.50. The SMILES string of the molecule is [2H]OC1(C2(O[2H])CCCC(F)(F)C(F)(F)C2)CCCCCC1. The molecule has 0 spiro atoms. The smallest absolute Gasteiger partial charge is 0.313 e. The summed E-state index contributed by atoms with van der Waals surface area (Å²) in [6.07, 6.45) is 1.03. The molecule has 0 heterocycles. The van der Waals surface area contributed by atoms with Gasteiger partial charge in [0.05, 0.1) is 11.2 Å². The minimum absolute atomic E-state index is 0.124. The zero-order valence-electron chi connectivity index (χ0n) is 13.4. The molecular formula is C14H22F4O2. The molecule has 0 aromatic carbocycles. The largest absolute Gasteiger partial charge is 0.387 e. The molecule has 6 heteroatoms. The van der Waals surface area contributed by atoms with E-state index in [4.69, 9.17) is 7.97 Å². The molecular weight excluding hydrogens is 276 g/mol. The van der Waals surface area contributed by atoms with E-state index in [-0.39, 0.29) is 25.7 Å². The highest BCUT2D eigenvalue weighted by Gasteiger charge is 2.64. The molecule has 2 fully saturated rings. The van der Waals surface area contributed by atoms with Crippen molar-refractivity contribution in [2.24, 2.45) is 0 Å².